The molecule has 0 radical (unpaired) electrons. The molecule has 0 saturated carbocycles. The first kappa shape index (κ1) is 12.2. The van der Waals surface area contributed by atoms with Crippen LogP contribution in [0.5, 0.6) is 0 Å². The van der Waals surface area contributed by atoms with Gasteiger partial charge in [0, 0.05) is 22.7 Å². The van der Waals surface area contributed by atoms with Crippen LogP contribution in [0.15, 0.2) is 46.5 Å². The molecule has 0 aliphatic heterocycles. The van der Waals surface area contributed by atoms with Gasteiger partial charge in [0.15, 0.2) is 0 Å². The molecule has 88 valence electrons. The second-order valence-electron chi connectivity index (χ2n) is 3.31. The summed E-state index contributed by atoms with van der Waals surface area (Å²) in [5.74, 6) is 0.652. The second kappa shape index (κ2) is 5.89. The van der Waals surface area contributed by atoms with Crippen LogP contribution < -0.4 is 5.32 Å². The minimum atomic E-state index is 0.652. The summed E-state index contributed by atoms with van der Waals surface area (Å²) >= 11 is 7.50. The van der Waals surface area contributed by atoms with Crippen LogP contribution in [0.25, 0.3) is 0 Å². The first-order chi connectivity index (χ1) is 8.28. The molecule has 17 heavy (non-hydrogen) atoms. The summed E-state index contributed by atoms with van der Waals surface area (Å²) < 4.78 is 0. The summed E-state index contributed by atoms with van der Waals surface area (Å²) in [7, 11) is 0. The zero-order chi connectivity index (χ0) is 12.1. The molecule has 0 amide bonds. The van der Waals surface area contributed by atoms with Gasteiger partial charge < -0.3 is 5.32 Å². The predicted molar refractivity (Wildman–Crippen MR) is 71.8 cm³/mol. The first-order valence-corrected chi connectivity index (χ1v) is 6.47. The average molecular weight is 266 g/mol. The van der Waals surface area contributed by atoms with Crippen molar-refractivity contribution in [2.24, 2.45) is 0 Å². The molecule has 0 aliphatic carbocycles. The highest BCUT2D eigenvalue weighted by molar-refractivity contribution is 7.99. The highest BCUT2D eigenvalue weighted by atomic mass is 35.5. The Hall–Kier alpha value is -1.26. The molecule has 5 heteroatoms. The summed E-state index contributed by atoms with van der Waals surface area (Å²) in [5, 5.41) is 4.72. The maximum Gasteiger partial charge on any atom is 0.223 e. The van der Waals surface area contributed by atoms with Gasteiger partial charge in [-0.3, -0.25) is 0 Å². The molecular weight excluding hydrogens is 254 g/mol. The van der Waals surface area contributed by atoms with Gasteiger partial charge in [0.2, 0.25) is 5.95 Å². The van der Waals surface area contributed by atoms with Crippen molar-refractivity contribution in [1.29, 1.82) is 0 Å². The predicted octanol–water partition coefficient (Wildman–Crippen LogP) is 3.71. The summed E-state index contributed by atoms with van der Waals surface area (Å²) in [6, 6.07) is 9.59. The minimum absolute atomic E-state index is 0.652. The van der Waals surface area contributed by atoms with Gasteiger partial charge in [0.05, 0.1) is 0 Å². The Morgan fingerprint density at radius 1 is 1.35 bits per heavy atom. The van der Waals surface area contributed by atoms with Gasteiger partial charge in [-0.1, -0.05) is 29.4 Å². The summed E-state index contributed by atoms with van der Waals surface area (Å²) in [4.78, 5) is 9.58. The molecule has 2 rings (SSSR count). The molecule has 2 aromatic rings. The van der Waals surface area contributed by atoms with Crippen molar-refractivity contribution in [3.63, 3.8) is 0 Å². The van der Waals surface area contributed by atoms with E-state index < -0.39 is 0 Å². The number of hydrogen-bond acceptors (Lipinski definition) is 4. The zero-order valence-electron chi connectivity index (χ0n) is 9.35. The van der Waals surface area contributed by atoms with E-state index in [0.717, 1.165) is 21.5 Å². The smallest absolute Gasteiger partial charge is 0.223 e. The highest BCUT2D eigenvalue weighted by Crippen LogP contribution is 2.27. The van der Waals surface area contributed by atoms with E-state index in [1.54, 1.807) is 18.0 Å². The Labute approximate surface area is 110 Å². The molecule has 0 bridgehead atoms. The molecule has 3 nitrogen and oxygen atoms in total. The second-order valence-corrected chi connectivity index (χ2v) is 4.84. The average Bonchev–Trinajstić information content (AvgIpc) is 2.30. The Morgan fingerprint density at radius 2 is 2.24 bits per heavy atom. The lowest BCUT2D eigenvalue weighted by molar-refractivity contribution is 1.01. The molecule has 0 atom stereocenters. The molecular formula is C12H12ClN3S. The maximum absolute atomic E-state index is 5.93. The van der Waals surface area contributed by atoms with E-state index in [1.807, 2.05) is 37.3 Å². The SMILES string of the molecule is CCNc1nccc(Sc2cccc(Cl)c2)n1. The quantitative estimate of drug-likeness (QED) is 0.855. The fourth-order valence-electron chi connectivity index (χ4n) is 1.29. The number of hydrogen-bond donors (Lipinski definition) is 1. The van der Waals surface area contributed by atoms with Gasteiger partial charge >= 0.3 is 0 Å². The molecule has 0 spiro atoms. The van der Waals surface area contributed by atoms with Gasteiger partial charge in [0.25, 0.3) is 0 Å². The number of nitrogens with zero attached hydrogens (tertiary/aromatic N) is 2. The lowest BCUT2D eigenvalue weighted by Crippen LogP contribution is -2.01. The van der Waals surface area contributed by atoms with Crippen molar-refractivity contribution >= 4 is 29.3 Å². The molecule has 0 aliphatic rings. The van der Waals surface area contributed by atoms with Crippen molar-refractivity contribution in [3.05, 3.63) is 41.6 Å². The van der Waals surface area contributed by atoms with E-state index in [9.17, 15) is 0 Å². The third kappa shape index (κ3) is 3.61. The van der Waals surface area contributed by atoms with Crippen molar-refractivity contribution in [1.82, 2.24) is 9.97 Å². The fourth-order valence-corrected chi connectivity index (χ4v) is 2.38. The minimum Gasteiger partial charge on any atom is -0.354 e. The number of anilines is 1. The zero-order valence-corrected chi connectivity index (χ0v) is 10.9. The molecule has 0 saturated heterocycles. The van der Waals surface area contributed by atoms with Gasteiger partial charge in [0.1, 0.15) is 5.03 Å². The van der Waals surface area contributed by atoms with Crippen LogP contribution in [0.3, 0.4) is 0 Å². The number of halogens is 1. The van der Waals surface area contributed by atoms with Crippen LogP contribution in [0.1, 0.15) is 6.92 Å². The van der Waals surface area contributed by atoms with Crippen LogP contribution in [0, 0.1) is 0 Å². The number of rotatable bonds is 4. The maximum atomic E-state index is 5.93. The molecule has 0 unspecified atom stereocenters. The van der Waals surface area contributed by atoms with E-state index in [4.69, 9.17) is 11.6 Å². The monoisotopic (exact) mass is 265 g/mol. The van der Waals surface area contributed by atoms with E-state index in [-0.39, 0.29) is 0 Å². The number of nitrogens with one attached hydrogen (secondary N) is 1. The molecule has 1 aromatic heterocycles. The van der Waals surface area contributed by atoms with Gasteiger partial charge in [-0.05, 0) is 31.2 Å². The van der Waals surface area contributed by atoms with Gasteiger partial charge in [-0.2, -0.15) is 0 Å². The van der Waals surface area contributed by atoms with Crippen LogP contribution in [-0.4, -0.2) is 16.5 Å². The Kier molecular flexibility index (Phi) is 4.23. The Bertz CT molecular complexity index is 505. The van der Waals surface area contributed by atoms with E-state index in [1.165, 1.54) is 0 Å². The standard InChI is InChI=1S/C12H12ClN3S/c1-2-14-12-15-7-6-11(16-12)17-10-5-3-4-9(13)8-10/h3-8H,2H2,1H3,(H,14,15,16). The van der Waals surface area contributed by atoms with Crippen molar-refractivity contribution in [2.45, 2.75) is 16.8 Å². The van der Waals surface area contributed by atoms with Crippen molar-refractivity contribution in [2.75, 3.05) is 11.9 Å². The fraction of sp³-hybridized carbons (Fsp3) is 0.167. The third-order valence-electron chi connectivity index (χ3n) is 1.98. The lowest BCUT2D eigenvalue weighted by atomic mass is 10.4. The summed E-state index contributed by atoms with van der Waals surface area (Å²) in [6.45, 7) is 2.82. The van der Waals surface area contributed by atoms with E-state index in [2.05, 4.69) is 15.3 Å². The summed E-state index contributed by atoms with van der Waals surface area (Å²) in [6.07, 6.45) is 1.75. The van der Waals surface area contributed by atoms with E-state index in [0.29, 0.717) is 5.95 Å². The highest BCUT2D eigenvalue weighted by Gasteiger charge is 2.01. The van der Waals surface area contributed by atoms with Crippen molar-refractivity contribution in [3.8, 4) is 0 Å². The normalized spacial score (nSPS) is 10.2. The third-order valence-corrected chi connectivity index (χ3v) is 3.14. The number of aromatic nitrogens is 2. The van der Waals surface area contributed by atoms with Crippen molar-refractivity contribution < 1.29 is 0 Å². The number of benzene rings is 1. The summed E-state index contributed by atoms with van der Waals surface area (Å²) in [5.41, 5.74) is 0. The van der Waals surface area contributed by atoms with Crippen LogP contribution >= 0.6 is 23.4 Å². The van der Waals surface area contributed by atoms with Crippen LogP contribution in [0.4, 0.5) is 5.95 Å². The van der Waals surface area contributed by atoms with Gasteiger partial charge in [-0.25, -0.2) is 9.97 Å². The van der Waals surface area contributed by atoms with E-state index >= 15 is 0 Å². The van der Waals surface area contributed by atoms with Crippen LogP contribution in [-0.2, 0) is 0 Å². The first-order valence-electron chi connectivity index (χ1n) is 5.28. The van der Waals surface area contributed by atoms with Gasteiger partial charge in [-0.15, -0.1) is 0 Å². The Balaban J connectivity index is 2.15. The van der Waals surface area contributed by atoms with Crippen LogP contribution in [0.2, 0.25) is 5.02 Å². The molecule has 1 heterocycles. The largest absolute Gasteiger partial charge is 0.354 e. The molecule has 0 fully saturated rings. The lowest BCUT2D eigenvalue weighted by Gasteiger charge is -2.04. The molecule has 1 N–H and O–H groups in total. The molecule has 1 aromatic carbocycles. The Morgan fingerprint density at radius 3 is 3.00 bits per heavy atom. The topological polar surface area (TPSA) is 37.8 Å².